The first kappa shape index (κ1) is 23.3. The third-order valence-corrected chi connectivity index (χ3v) is 6.47. The number of allylic oxidation sites excluding steroid dienone is 1. The third-order valence-electron chi connectivity index (χ3n) is 5.00. The summed E-state index contributed by atoms with van der Waals surface area (Å²) in [6.07, 6.45) is 2.38. The van der Waals surface area contributed by atoms with Gasteiger partial charge in [-0.2, -0.15) is 0 Å². The molecule has 1 aliphatic rings. The Balaban J connectivity index is 1.76. The molecule has 3 aromatic rings. The molecule has 1 amide bonds. The molecule has 7 nitrogen and oxygen atoms in total. The standard InChI is InChI=1S/C22H13Cl4N3O4/c23-14-2-1-3-15(24)13(14)8-10-6-7-29-19(10)28-16-9-11(4-5-12(16)21(29)31)27-20(30)17(25)18(26)22(32)33/h1-5,8-9H,6-7H2,(H,27,30)(H,32,33)/b10-8+,18-17-. The number of carboxylic acid groups (broad SMARTS) is 1. The number of anilines is 1. The maximum absolute atomic E-state index is 13.0. The number of hydrogen-bond acceptors (Lipinski definition) is 4. The summed E-state index contributed by atoms with van der Waals surface area (Å²) in [6.45, 7) is 0.456. The van der Waals surface area contributed by atoms with Gasteiger partial charge in [0.1, 0.15) is 15.9 Å². The molecule has 0 saturated heterocycles. The molecule has 0 atom stereocenters. The molecule has 0 saturated carbocycles. The van der Waals surface area contributed by atoms with E-state index in [0.29, 0.717) is 45.3 Å². The van der Waals surface area contributed by atoms with E-state index in [0.717, 1.165) is 5.57 Å². The van der Waals surface area contributed by atoms with E-state index in [9.17, 15) is 14.4 Å². The van der Waals surface area contributed by atoms with Gasteiger partial charge in [0.25, 0.3) is 11.5 Å². The molecule has 2 N–H and O–H groups in total. The highest BCUT2D eigenvalue weighted by Gasteiger charge is 2.22. The van der Waals surface area contributed by atoms with Crippen LogP contribution < -0.4 is 10.9 Å². The number of carbonyl (C=O) groups excluding carboxylic acids is 1. The van der Waals surface area contributed by atoms with Gasteiger partial charge in [0.15, 0.2) is 0 Å². The van der Waals surface area contributed by atoms with Gasteiger partial charge in [0.05, 0.1) is 10.9 Å². The minimum absolute atomic E-state index is 0.228. The maximum atomic E-state index is 13.0. The number of aromatic nitrogens is 2. The van der Waals surface area contributed by atoms with Crippen LogP contribution >= 0.6 is 46.4 Å². The number of nitrogens with one attached hydrogen (secondary N) is 1. The number of fused-ring (bicyclic) bond motifs is 2. The van der Waals surface area contributed by atoms with Gasteiger partial charge in [0, 0.05) is 27.8 Å². The van der Waals surface area contributed by atoms with Gasteiger partial charge < -0.3 is 10.4 Å². The van der Waals surface area contributed by atoms with Gasteiger partial charge >= 0.3 is 5.97 Å². The lowest BCUT2D eigenvalue weighted by Crippen LogP contribution is -2.21. The minimum atomic E-state index is -1.53. The molecule has 0 bridgehead atoms. The second-order valence-electron chi connectivity index (χ2n) is 7.07. The highest BCUT2D eigenvalue weighted by atomic mass is 35.5. The number of halogens is 4. The molecule has 0 unspecified atom stereocenters. The number of rotatable bonds is 4. The first-order chi connectivity index (χ1) is 15.7. The predicted molar refractivity (Wildman–Crippen MR) is 130 cm³/mol. The molecule has 2 aromatic carbocycles. The first-order valence-electron chi connectivity index (χ1n) is 9.47. The van der Waals surface area contributed by atoms with Crippen LogP contribution in [0.5, 0.6) is 0 Å². The molecule has 0 fully saturated rings. The molecule has 0 aliphatic carbocycles. The predicted octanol–water partition coefficient (Wildman–Crippen LogP) is 5.36. The van der Waals surface area contributed by atoms with Crippen molar-refractivity contribution >= 4 is 86.5 Å². The molecule has 0 radical (unpaired) electrons. The van der Waals surface area contributed by atoms with Crippen LogP contribution in [0.15, 0.2) is 51.3 Å². The van der Waals surface area contributed by atoms with Gasteiger partial charge in [-0.05, 0) is 48.4 Å². The Kier molecular flexibility index (Phi) is 6.50. The fourth-order valence-corrected chi connectivity index (χ4v) is 4.15. The zero-order chi connectivity index (χ0) is 23.9. The zero-order valence-corrected chi connectivity index (χ0v) is 19.6. The van der Waals surface area contributed by atoms with E-state index in [-0.39, 0.29) is 11.2 Å². The van der Waals surface area contributed by atoms with Crippen LogP contribution in [0.4, 0.5) is 5.69 Å². The normalized spacial score (nSPS) is 14.8. The Morgan fingerprint density at radius 2 is 1.79 bits per heavy atom. The summed E-state index contributed by atoms with van der Waals surface area (Å²) in [5.74, 6) is -1.97. The fraction of sp³-hybridized carbons (Fsp3) is 0.0909. The average molecular weight is 525 g/mol. The van der Waals surface area contributed by atoms with Crippen molar-refractivity contribution in [1.82, 2.24) is 9.55 Å². The number of nitrogens with zero attached hydrogens (tertiary/aromatic N) is 2. The lowest BCUT2D eigenvalue weighted by atomic mass is 10.1. The van der Waals surface area contributed by atoms with E-state index in [1.165, 1.54) is 18.2 Å². The summed E-state index contributed by atoms with van der Waals surface area (Å²) >= 11 is 23.8. The van der Waals surface area contributed by atoms with Crippen LogP contribution in [0.25, 0.3) is 22.6 Å². The van der Waals surface area contributed by atoms with E-state index in [2.05, 4.69) is 10.3 Å². The van der Waals surface area contributed by atoms with Crippen molar-refractivity contribution < 1.29 is 14.7 Å². The van der Waals surface area contributed by atoms with Crippen molar-refractivity contribution in [2.45, 2.75) is 13.0 Å². The number of amides is 1. The van der Waals surface area contributed by atoms with Crippen LogP contribution in [0.3, 0.4) is 0 Å². The van der Waals surface area contributed by atoms with E-state index in [1.54, 1.807) is 22.8 Å². The number of carboxylic acids is 1. The minimum Gasteiger partial charge on any atom is -0.477 e. The third kappa shape index (κ3) is 4.50. The number of hydrogen-bond donors (Lipinski definition) is 2. The second kappa shape index (κ2) is 9.19. The van der Waals surface area contributed by atoms with Crippen molar-refractivity contribution in [1.29, 1.82) is 0 Å². The van der Waals surface area contributed by atoms with Crippen LogP contribution in [0.1, 0.15) is 17.8 Å². The highest BCUT2D eigenvalue weighted by molar-refractivity contribution is 6.54. The van der Waals surface area contributed by atoms with E-state index in [1.807, 2.05) is 6.08 Å². The summed E-state index contributed by atoms with van der Waals surface area (Å²) in [4.78, 5) is 40.7. The fourth-order valence-electron chi connectivity index (χ4n) is 3.43. The molecule has 11 heteroatoms. The van der Waals surface area contributed by atoms with Gasteiger partial charge in [-0.15, -0.1) is 0 Å². The Hall–Kier alpha value is -2.84. The van der Waals surface area contributed by atoms with Gasteiger partial charge in [-0.1, -0.05) is 52.5 Å². The molecule has 1 aliphatic heterocycles. The zero-order valence-electron chi connectivity index (χ0n) is 16.5. The molecule has 0 spiro atoms. The average Bonchev–Trinajstić information content (AvgIpc) is 3.18. The molecule has 33 heavy (non-hydrogen) atoms. The first-order valence-corrected chi connectivity index (χ1v) is 11.0. The molecule has 2 heterocycles. The Bertz CT molecular complexity index is 1440. The molecular weight excluding hydrogens is 512 g/mol. The van der Waals surface area contributed by atoms with Crippen molar-refractivity contribution in [2.75, 3.05) is 5.32 Å². The van der Waals surface area contributed by atoms with E-state index < -0.39 is 21.9 Å². The molecule has 4 rings (SSSR count). The SMILES string of the molecule is O=C(O)/C(Cl)=C(/Cl)C(=O)Nc1ccc2c(=O)n3c(nc2c1)/C(=C/c1c(Cl)cccc1Cl)CC3. The number of carbonyl (C=O) groups is 2. The topological polar surface area (TPSA) is 101 Å². The smallest absolute Gasteiger partial charge is 0.349 e. The Morgan fingerprint density at radius 1 is 1.09 bits per heavy atom. The summed E-state index contributed by atoms with van der Waals surface area (Å²) in [5.41, 5.74) is 1.80. The Morgan fingerprint density at radius 3 is 2.45 bits per heavy atom. The lowest BCUT2D eigenvalue weighted by Gasteiger charge is -2.09. The van der Waals surface area contributed by atoms with Crippen LogP contribution in [-0.2, 0) is 16.1 Å². The molecular formula is C22H13Cl4N3O4. The number of benzene rings is 2. The largest absolute Gasteiger partial charge is 0.477 e. The second-order valence-corrected chi connectivity index (χ2v) is 8.64. The Labute approximate surface area is 206 Å². The van der Waals surface area contributed by atoms with Crippen LogP contribution in [-0.4, -0.2) is 26.5 Å². The lowest BCUT2D eigenvalue weighted by molar-refractivity contribution is -0.132. The monoisotopic (exact) mass is 523 g/mol. The van der Waals surface area contributed by atoms with E-state index in [4.69, 9.17) is 51.5 Å². The summed E-state index contributed by atoms with van der Waals surface area (Å²) in [5, 5.41) is 11.2. The van der Waals surface area contributed by atoms with Crippen LogP contribution in [0, 0.1) is 0 Å². The number of aliphatic carboxylic acids is 1. The quantitative estimate of drug-likeness (QED) is 0.447. The van der Waals surface area contributed by atoms with Crippen LogP contribution in [0.2, 0.25) is 10.0 Å². The molecule has 1 aromatic heterocycles. The van der Waals surface area contributed by atoms with Gasteiger partial charge in [-0.25, -0.2) is 9.78 Å². The van der Waals surface area contributed by atoms with Gasteiger partial charge in [-0.3, -0.25) is 14.2 Å². The molecule has 168 valence electrons. The van der Waals surface area contributed by atoms with Crippen molar-refractivity contribution in [3.05, 3.63) is 78.2 Å². The van der Waals surface area contributed by atoms with Crippen molar-refractivity contribution in [3.8, 4) is 0 Å². The summed E-state index contributed by atoms with van der Waals surface area (Å²) in [7, 11) is 0. The van der Waals surface area contributed by atoms with E-state index >= 15 is 0 Å². The maximum Gasteiger partial charge on any atom is 0.349 e. The summed E-state index contributed by atoms with van der Waals surface area (Å²) in [6, 6.07) is 9.70. The summed E-state index contributed by atoms with van der Waals surface area (Å²) < 4.78 is 1.57. The van der Waals surface area contributed by atoms with Gasteiger partial charge in [0.2, 0.25) is 0 Å². The van der Waals surface area contributed by atoms with Crippen molar-refractivity contribution in [3.63, 3.8) is 0 Å². The highest BCUT2D eigenvalue weighted by Crippen LogP contribution is 2.33. The van der Waals surface area contributed by atoms with Crippen molar-refractivity contribution in [2.24, 2.45) is 0 Å².